The number of aryl methyl sites for hydroxylation is 1. The van der Waals surface area contributed by atoms with E-state index >= 15 is 4.39 Å². The van der Waals surface area contributed by atoms with E-state index in [9.17, 15) is 9.18 Å². The zero-order chi connectivity index (χ0) is 23.4. The molecule has 9 heteroatoms. The van der Waals surface area contributed by atoms with E-state index < -0.39 is 11.6 Å². The van der Waals surface area contributed by atoms with E-state index in [4.69, 9.17) is 0 Å². The lowest BCUT2D eigenvalue weighted by atomic mass is 9.82. The molecule has 1 amide bonds. The highest BCUT2D eigenvalue weighted by Gasteiger charge is 2.45. The van der Waals surface area contributed by atoms with Gasteiger partial charge in [-0.05, 0) is 43.2 Å². The molecule has 34 heavy (non-hydrogen) atoms. The molecule has 2 aromatic heterocycles. The number of nitrogens with zero attached hydrogens (tertiary/aromatic N) is 6. The van der Waals surface area contributed by atoms with Gasteiger partial charge in [-0.25, -0.2) is 18.4 Å². The van der Waals surface area contributed by atoms with Crippen molar-refractivity contribution in [3.8, 4) is 5.69 Å². The zero-order valence-corrected chi connectivity index (χ0v) is 18.5. The average molecular weight is 460 g/mol. The van der Waals surface area contributed by atoms with Crippen molar-refractivity contribution in [2.45, 2.75) is 19.4 Å². The minimum atomic E-state index is -0.526. The van der Waals surface area contributed by atoms with E-state index in [1.54, 1.807) is 60.7 Å². The van der Waals surface area contributed by atoms with Gasteiger partial charge in [0.2, 0.25) is 0 Å². The molecule has 2 fully saturated rings. The molecule has 172 valence electrons. The van der Waals surface area contributed by atoms with Crippen molar-refractivity contribution in [1.29, 1.82) is 0 Å². The van der Waals surface area contributed by atoms with E-state index in [0.29, 0.717) is 41.6 Å². The van der Waals surface area contributed by atoms with Gasteiger partial charge in [0.25, 0.3) is 5.91 Å². The van der Waals surface area contributed by atoms with Crippen LogP contribution in [0.1, 0.15) is 22.3 Å². The summed E-state index contributed by atoms with van der Waals surface area (Å²) in [5, 5.41) is 4.19. The lowest BCUT2D eigenvalue weighted by Crippen LogP contribution is -2.65. The molecule has 0 aliphatic carbocycles. The first-order valence-electron chi connectivity index (χ1n) is 11.3. The normalized spacial score (nSPS) is 19.7. The van der Waals surface area contributed by atoms with Crippen molar-refractivity contribution < 1.29 is 13.6 Å². The molecule has 2 saturated heterocycles. The lowest BCUT2D eigenvalue weighted by Gasteiger charge is -2.53. The molecular weight excluding hydrogens is 438 g/mol. The van der Waals surface area contributed by atoms with Gasteiger partial charge in [-0.3, -0.25) is 9.78 Å². The molecule has 2 aliphatic heterocycles. The van der Waals surface area contributed by atoms with Crippen LogP contribution in [0.25, 0.3) is 16.7 Å². The standard InChI is InChI=1S/C25H22F2N6O/c1-15-6-7-19(33-10-3-9-29-33)22(23(15)27)25(34)31-11-8-16-13-32(20(16)14-31)21-12-28-18-5-2-4-17(26)24(18)30-21/h2-7,9-10,12,16,20H,8,11,13-14H2,1H3/t16-,20-/m0/s1. The number of rotatable bonds is 3. The second-order valence-electron chi connectivity index (χ2n) is 8.90. The summed E-state index contributed by atoms with van der Waals surface area (Å²) >= 11 is 0. The Kier molecular flexibility index (Phi) is 4.79. The Morgan fingerprint density at radius 3 is 2.82 bits per heavy atom. The molecule has 0 saturated carbocycles. The number of carbonyl (C=O) groups is 1. The Balaban J connectivity index is 1.29. The predicted octanol–water partition coefficient (Wildman–Crippen LogP) is 3.75. The Bertz CT molecular complexity index is 1410. The molecule has 0 radical (unpaired) electrons. The van der Waals surface area contributed by atoms with Crippen molar-refractivity contribution in [1.82, 2.24) is 24.6 Å². The van der Waals surface area contributed by atoms with Gasteiger partial charge in [0.1, 0.15) is 22.7 Å². The molecule has 0 unspecified atom stereocenters. The maximum Gasteiger partial charge on any atom is 0.259 e. The number of amides is 1. The topological polar surface area (TPSA) is 67.2 Å². The number of fused-ring (bicyclic) bond motifs is 2. The second-order valence-corrected chi connectivity index (χ2v) is 8.90. The molecule has 0 bridgehead atoms. The van der Waals surface area contributed by atoms with Gasteiger partial charge in [0, 0.05) is 37.9 Å². The number of likely N-dealkylation sites (tertiary alicyclic amines) is 1. The van der Waals surface area contributed by atoms with Crippen LogP contribution in [0, 0.1) is 24.5 Å². The molecule has 7 nitrogen and oxygen atoms in total. The Morgan fingerprint density at radius 2 is 2.00 bits per heavy atom. The Labute approximate surface area is 194 Å². The minimum absolute atomic E-state index is 0.0252. The van der Waals surface area contributed by atoms with E-state index in [1.165, 1.54) is 10.7 Å². The van der Waals surface area contributed by atoms with Crippen LogP contribution in [0.2, 0.25) is 0 Å². The summed E-state index contributed by atoms with van der Waals surface area (Å²) in [6.07, 6.45) is 5.75. The summed E-state index contributed by atoms with van der Waals surface area (Å²) in [6, 6.07) is 9.84. The number of carbonyl (C=O) groups excluding carboxylic acids is 1. The highest BCUT2D eigenvalue weighted by atomic mass is 19.1. The molecule has 2 atom stereocenters. The van der Waals surface area contributed by atoms with Crippen LogP contribution in [0.4, 0.5) is 14.6 Å². The van der Waals surface area contributed by atoms with Crippen molar-refractivity contribution in [3.05, 3.63) is 77.8 Å². The fraction of sp³-hybridized carbons (Fsp3) is 0.280. The molecular formula is C25H22F2N6O. The van der Waals surface area contributed by atoms with Crippen molar-refractivity contribution in [2.24, 2.45) is 5.92 Å². The van der Waals surface area contributed by atoms with Crippen molar-refractivity contribution in [3.63, 3.8) is 0 Å². The first-order chi connectivity index (χ1) is 16.5. The molecule has 0 spiro atoms. The summed E-state index contributed by atoms with van der Waals surface area (Å²) in [5.41, 5.74) is 1.59. The van der Waals surface area contributed by atoms with E-state index in [1.807, 2.05) is 0 Å². The van der Waals surface area contributed by atoms with Crippen molar-refractivity contribution in [2.75, 3.05) is 24.5 Å². The Morgan fingerprint density at radius 1 is 1.12 bits per heavy atom. The number of piperidine rings is 1. The number of halogens is 2. The SMILES string of the molecule is Cc1ccc(-n2cccn2)c(C(=O)N2CC[C@H]3CN(c4cnc5cccc(F)c5n4)[C@H]3C2)c1F. The maximum atomic E-state index is 15.2. The molecule has 4 aromatic rings. The molecule has 0 N–H and O–H groups in total. The highest BCUT2D eigenvalue weighted by Crippen LogP contribution is 2.37. The summed E-state index contributed by atoms with van der Waals surface area (Å²) in [5.74, 6) is -0.304. The average Bonchev–Trinajstić information content (AvgIpc) is 3.36. The number of hydrogen-bond acceptors (Lipinski definition) is 5. The Hall–Kier alpha value is -3.88. The first-order valence-corrected chi connectivity index (χ1v) is 11.3. The minimum Gasteiger partial charge on any atom is -0.350 e. The number of aromatic nitrogens is 4. The third kappa shape index (κ3) is 3.22. The number of para-hydroxylation sites is 1. The summed E-state index contributed by atoms with van der Waals surface area (Å²) in [4.78, 5) is 26.2. The third-order valence-corrected chi connectivity index (χ3v) is 6.92. The highest BCUT2D eigenvalue weighted by molar-refractivity contribution is 5.98. The molecule has 2 aliphatic rings. The predicted molar refractivity (Wildman–Crippen MR) is 123 cm³/mol. The van der Waals surface area contributed by atoms with Gasteiger partial charge in [-0.15, -0.1) is 0 Å². The first kappa shape index (κ1) is 20.7. The van der Waals surface area contributed by atoms with Crippen LogP contribution in [-0.2, 0) is 0 Å². The fourth-order valence-corrected chi connectivity index (χ4v) is 5.01. The van der Waals surface area contributed by atoms with Crippen LogP contribution >= 0.6 is 0 Å². The van der Waals surface area contributed by atoms with Crippen LogP contribution in [0.15, 0.2) is 55.0 Å². The largest absolute Gasteiger partial charge is 0.350 e. The molecule has 2 aromatic carbocycles. The van der Waals surface area contributed by atoms with Gasteiger partial charge >= 0.3 is 0 Å². The molecule has 6 rings (SSSR count). The van der Waals surface area contributed by atoms with Crippen LogP contribution in [-0.4, -0.2) is 56.2 Å². The van der Waals surface area contributed by atoms with Gasteiger partial charge in [0.15, 0.2) is 5.82 Å². The van der Waals surface area contributed by atoms with E-state index in [2.05, 4.69) is 20.0 Å². The number of benzene rings is 2. The maximum absolute atomic E-state index is 15.2. The van der Waals surface area contributed by atoms with E-state index in [0.717, 1.165) is 13.0 Å². The lowest BCUT2D eigenvalue weighted by molar-refractivity contribution is 0.0586. The van der Waals surface area contributed by atoms with Gasteiger partial charge < -0.3 is 9.80 Å². The third-order valence-electron chi connectivity index (χ3n) is 6.92. The summed E-state index contributed by atoms with van der Waals surface area (Å²) in [7, 11) is 0. The van der Waals surface area contributed by atoms with Gasteiger partial charge in [-0.1, -0.05) is 12.1 Å². The van der Waals surface area contributed by atoms with Crippen LogP contribution in [0.3, 0.4) is 0 Å². The smallest absolute Gasteiger partial charge is 0.259 e. The summed E-state index contributed by atoms with van der Waals surface area (Å²) in [6.45, 7) is 3.42. The van der Waals surface area contributed by atoms with Crippen molar-refractivity contribution >= 4 is 22.8 Å². The second kappa shape index (κ2) is 7.86. The monoisotopic (exact) mass is 460 g/mol. The summed E-state index contributed by atoms with van der Waals surface area (Å²) < 4.78 is 31.0. The molecule has 4 heterocycles. The number of anilines is 1. The zero-order valence-electron chi connectivity index (χ0n) is 18.5. The fourth-order valence-electron chi connectivity index (χ4n) is 5.01. The number of hydrogen-bond donors (Lipinski definition) is 0. The van der Waals surface area contributed by atoms with Crippen LogP contribution < -0.4 is 4.90 Å². The van der Waals surface area contributed by atoms with Gasteiger partial charge in [-0.2, -0.15) is 5.10 Å². The quantitative estimate of drug-likeness (QED) is 0.466. The van der Waals surface area contributed by atoms with Gasteiger partial charge in [0.05, 0.1) is 23.4 Å². The van der Waals surface area contributed by atoms with Crippen LogP contribution in [0.5, 0.6) is 0 Å². The van der Waals surface area contributed by atoms with E-state index in [-0.39, 0.29) is 23.0 Å².